The number of halogens is 1. The van der Waals surface area contributed by atoms with Crippen molar-refractivity contribution in [1.82, 2.24) is 9.62 Å². The lowest BCUT2D eigenvalue weighted by Gasteiger charge is -2.20. The maximum atomic E-state index is 12.7. The van der Waals surface area contributed by atoms with Crippen LogP contribution >= 0.6 is 12.4 Å². The summed E-state index contributed by atoms with van der Waals surface area (Å²) in [6.45, 7) is 7.32. The maximum Gasteiger partial charge on any atom is 0.243 e. The Bertz CT molecular complexity index is 649. The van der Waals surface area contributed by atoms with E-state index in [1.165, 1.54) is 10.4 Å². The van der Waals surface area contributed by atoms with E-state index in [1.54, 1.807) is 33.0 Å². The molecule has 1 aromatic rings. The second-order valence-electron chi connectivity index (χ2n) is 5.30. The van der Waals surface area contributed by atoms with Gasteiger partial charge in [-0.3, -0.25) is 4.79 Å². The highest BCUT2D eigenvalue weighted by atomic mass is 35.5. The predicted octanol–water partition coefficient (Wildman–Crippen LogP) is 2.12. The number of amides is 1. The van der Waals surface area contributed by atoms with E-state index in [9.17, 15) is 13.2 Å². The third kappa shape index (κ3) is 6.47. The zero-order valence-corrected chi connectivity index (χ0v) is 16.9. The number of benzene rings is 1. The van der Waals surface area contributed by atoms with Crippen molar-refractivity contribution in [2.24, 2.45) is 0 Å². The van der Waals surface area contributed by atoms with Crippen LogP contribution in [0.2, 0.25) is 0 Å². The molecule has 0 radical (unpaired) electrons. The normalized spacial score (nSPS) is 11.1. The van der Waals surface area contributed by atoms with Crippen LogP contribution in [-0.2, 0) is 14.8 Å². The van der Waals surface area contributed by atoms with Gasteiger partial charge >= 0.3 is 0 Å². The summed E-state index contributed by atoms with van der Waals surface area (Å²) < 4.78 is 26.7. The van der Waals surface area contributed by atoms with Gasteiger partial charge in [0, 0.05) is 19.6 Å². The van der Waals surface area contributed by atoms with Crippen LogP contribution in [0.15, 0.2) is 23.1 Å². The Morgan fingerprint density at radius 2 is 1.76 bits per heavy atom. The number of hydrogen-bond acceptors (Lipinski definition) is 5. The predicted molar refractivity (Wildman–Crippen MR) is 105 cm³/mol. The van der Waals surface area contributed by atoms with Crippen molar-refractivity contribution in [2.45, 2.75) is 32.1 Å². The van der Waals surface area contributed by atoms with Crippen LogP contribution in [0.5, 0.6) is 0 Å². The number of carbonyl (C=O) groups excluding carboxylic acids is 1. The first-order valence-corrected chi connectivity index (χ1v) is 9.67. The summed E-state index contributed by atoms with van der Waals surface area (Å²) in [6, 6.07) is 4.78. The Morgan fingerprint density at radius 1 is 1.12 bits per heavy atom. The van der Waals surface area contributed by atoms with Crippen LogP contribution in [0.25, 0.3) is 0 Å². The molecule has 1 rings (SSSR count). The van der Waals surface area contributed by atoms with Gasteiger partial charge in [0.05, 0.1) is 22.8 Å². The topological polar surface area (TPSA) is 90.5 Å². The summed E-state index contributed by atoms with van der Waals surface area (Å²) in [5.41, 5.74) is 1.18. The molecule has 25 heavy (non-hydrogen) atoms. The molecular weight excluding hydrogens is 364 g/mol. The molecule has 1 amide bonds. The zero-order valence-electron chi connectivity index (χ0n) is 15.3. The van der Waals surface area contributed by atoms with Crippen LogP contribution in [-0.4, -0.2) is 51.9 Å². The highest BCUT2D eigenvalue weighted by Gasteiger charge is 2.23. The van der Waals surface area contributed by atoms with Gasteiger partial charge in [-0.15, -0.1) is 12.4 Å². The van der Waals surface area contributed by atoms with Crippen molar-refractivity contribution in [1.29, 1.82) is 0 Å². The lowest BCUT2D eigenvalue weighted by molar-refractivity contribution is -0.115. The third-order valence-electron chi connectivity index (χ3n) is 3.51. The van der Waals surface area contributed by atoms with Gasteiger partial charge in [-0.05, 0) is 31.7 Å². The first-order valence-electron chi connectivity index (χ1n) is 8.23. The van der Waals surface area contributed by atoms with Crippen LogP contribution < -0.4 is 16.0 Å². The molecule has 0 saturated heterocycles. The van der Waals surface area contributed by atoms with E-state index >= 15 is 0 Å². The number of likely N-dealkylation sites (N-methyl/N-ethyl adjacent to an activating group) is 1. The van der Waals surface area contributed by atoms with Crippen molar-refractivity contribution in [3.63, 3.8) is 0 Å². The van der Waals surface area contributed by atoms with E-state index in [4.69, 9.17) is 0 Å². The van der Waals surface area contributed by atoms with Crippen LogP contribution in [0, 0.1) is 0 Å². The zero-order chi connectivity index (χ0) is 18.2. The van der Waals surface area contributed by atoms with Crippen LogP contribution in [0.4, 0.5) is 11.4 Å². The Labute approximate surface area is 157 Å². The van der Waals surface area contributed by atoms with Gasteiger partial charge in [-0.1, -0.05) is 20.8 Å². The number of hydrogen-bond donors (Lipinski definition) is 3. The lowest BCUT2D eigenvalue weighted by Crippen LogP contribution is -2.31. The molecule has 0 bridgehead atoms. The Kier molecular flexibility index (Phi) is 10.7. The fourth-order valence-corrected chi connectivity index (χ4v) is 3.75. The van der Waals surface area contributed by atoms with E-state index < -0.39 is 10.0 Å². The minimum Gasteiger partial charge on any atom is -0.383 e. The lowest BCUT2D eigenvalue weighted by atomic mass is 10.2. The van der Waals surface area contributed by atoms with Crippen LogP contribution in [0.3, 0.4) is 0 Å². The molecule has 144 valence electrons. The summed E-state index contributed by atoms with van der Waals surface area (Å²) in [4.78, 5) is 12.1. The Hall–Kier alpha value is -1.35. The van der Waals surface area contributed by atoms with E-state index in [0.717, 1.165) is 13.0 Å². The molecule has 0 aliphatic rings. The summed E-state index contributed by atoms with van der Waals surface area (Å²) in [5, 5.41) is 8.74. The number of sulfonamides is 1. The van der Waals surface area contributed by atoms with Gasteiger partial charge in [-0.2, -0.15) is 4.31 Å². The van der Waals surface area contributed by atoms with Crippen LogP contribution in [0.1, 0.15) is 27.2 Å². The molecule has 7 nitrogen and oxygen atoms in total. The highest BCUT2D eigenvalue weighted by Crippen LogP contribution is 2.27. The second-order valence-corrected chi connectivity index (χ2v) is 7.24. The average Bonchev–Trinajstić information content (AvgIpc) is 2.54. The molecule has 0 spiro atoms. The summed E-state index contributed by atoms with van der Waals surface area (Å²) >= 11 is 0. The molecule has 0 atom stereocenters. The van der Waals surface area contributed by atoms with Gasteiger partial charge in [0.25, 0.3) is 0 Å². The molecule has 0 aromatic heterocycles. The third-order valence-corrected chi connectivity index (χ3v) is 5.56. The first-order chi connectivity index (χ1) is 11.4. The summed E-state index contributed by atoms with van der Waals surface area (Å²) in [7, 11) is -1.89. The minimum atomic E-state index is -3.57. The largest absolute Gasteiger partial charge is 0.383 e. The molecule has 0 heterocycles. The Balaban J connectivity index is 0.00000576. The SMILES string of the molecule is CCCNc1ccc(S(=O)(=O)N(CC)CC)cc1NC(=O)CNC.Cl. The average molecular weight is 393 g/mol. The smallest absolute Gasteiger partial charge is 0.243 e. The van der Waals surface area contributed by atoms with Gasteiger partial charge in [0.15, 0.2) is 0 Å². The fraction of sp³-hybridized carbons (Fsp3) is 0.562. The summed E-state index contributed by atoms with van der Waals surface area (Å²) in [6.07, 6.45) is 0.920. The molecule has 1 aromatic carbocycles. The maximum absolute atomic E-state index is 12.7. The van der Waals surface area contributed by atoms with Crippen molar-refractivity contribution >= 4 is 39.7 Å². The monoisotopic (exact) mass is 392 g/mol. The number of nitrogens with zero attached hydrogens (tertiary/aromatic N) is 1. The molecule has 0 saturated carbocycles. The quantitative estimate of drug-likeness (QED) is 0.567. The molecule has 3 N–H and O–H groups in total. The fourth-order valence-electron chi connectivity index (χ4n) is 2.27. The van der Waals surface area contributed by atoms with Gasteiger partial charge < -0.3 is 16.0 Å². The standard InChI is InChI=1S/C16H28N4O3S.ClH/c1-5-10-18-14-9-8-13(24(22,23)20(6-2)7-3)11-15(14)19-16(21)12-17-4;/h8-9,11,17-18H,5-7,10,12H2,1-4H3,(H,19,21);1H. The van der Waals surface area contributed by atoms with Crippen molar-refractivity contribution in [3.8, 4) is 0 Å². The van der Waals surface area contributed by atoms with Gasteiger partial charge in [0.2, 0.25) is 15.9 Å². The van der Waals surface area contributed by atoms with E-state index in [1.807, 2.05) is 6.92 Å². The molecule has 0 fully saturated rings. The second kappa shape index (κ2) is 11.3. The number of rotatable bonds is 10. The van der Waals surface area contributed by atoms with Gasteiger partial charge in [-0.25, -0.2) is 8.42 Å². The minimum absolute atomic E-state index is 0. The number of carbonyl (C=O) groups is 1. The van der Waals surface area contributed by atoms with E-state index in [2.05, 4.69) is 16.0 Å². The molecule has 9 heteroatoms. The van der Waals surface area contributed by atoms with Crippen molar-refractivity contribution in [3.05, 3.63) is 18.2 Å². The molecule has 0 unspecified atom stereocenters. The molecular formula is C16H29ClN4O3S. The van der Waals surface area contributed by atoms with E-state index in [0.29, 0.717) is 24.5 Å². The van der Waals surface area contributed by atoms with E-state index in [-0.39, 0.29) is 29.8 Å². The van der Waals surface area contributed by atoms with Crippen molar-refractivity contribution in [2.75, 3.05) is 43.9 Å². The highest BCUT2D eigenvalue weighted by molar-refractivity contribution is 7.89. The summed E-state index contributed by atoms with van der Waals surface area (Å²) in [5.74, 6) is -0.227. The number of nitrogens with one attached hydrogen (secondary N) is 3. The first kappa shape index (κ1) is 23.6. The molecule has 0 aliphatic heterocycles. The molecule has 0 aliphatic carbocycles. The number of anilines is 2. The Morgan fingerprint density at radius 3 is 2.28 bits per heavy atom. The van der Waals surface area contributed by atoms with Gasteiger partial charge in [0.1, 0.15) is 0 Å². The van der Waals surface area contributed by atoms with Crippen molar-refractivity contribution < 1.29 is 13.2 Å².